The number of ether oxygens (including phenoxy) is 3. The minimum absolute atomic E-state index is 0.0975. The molecular weight excluding hydrogens is 352 g/mol. The Bertz CT molecular complexity index is 649. The van der Waals surface area contributed by atoms with Crippen LogP contribution >= 0.6 is 0 Å². The number of aliphatic hydroxyl groups excluding tert-OH is 3. The molecular formula is C20H30O7. The maximum Gasteiger partial charge on any atom is 0.165 e. The molecule has 0 saturated heterocycles. The summed E-state index contributed by atoms with van der Waals surface area (Å²) in [4.78, 5) is 0. The first kappa shape index (κ1) is 20.4. The molecule has 4 N–H and O–H groups in total. The summed E-state index contributed by atoms with van der Waals surface area (Å²) in [6.45, 7) is -0.0867. The van der Waals surface area contributed by atoms with Gasteiger partial charge in [-0.25, -0.2) is 0 Å². The van der Waals surface area contributed by atoms with Crippen LogP contribution in [0.1, 0.15) is 42.7 Å². The molecule has 3 rings (SSSR count). The molecule has 1 aromatic carbocycles. The van der Waals surface area contributed by atoms with Crippen LogP contribution in [0.4, 0.5) is 0 Å². The van der Waals surface area contributed by atoms with Gasteiger partial charge >= 0.3 is 0 Å². The first-order valence-electron chi connectivity index (χ1n) is 9.49. The smallest absolute Gasteiger partial charge is 0.165 e. The lowest BCUT2D eigenvalue weighted by molar-refractivity contribution is -0.152. The molecule has 0 amide bonds. The lowest BCUT2D eigenvalue weighted by Gasteiger charge is -2.43. The second-order valence-corrected chi connectivity index (χ2v) is 7.56. The highest BCUT2D eigenvalue weighted by molar-refractivity contribution is 5.54. The minimum Gasteiger partial charge on any atom is -0.493 e. The van der Waals surface area contributed by atoms with Crippen molar-refractivity contribution in [1.29, 1.82) is 0 Å². The summed E-state index contributed by atoms with van der Waals surface area (Å²) >= 11 is 0. The van der Waals surface area contributed by atoms with Gasteiger partial charge in [0.15, 0.2) is 11.5 Å². The molecule has 152 valence electrons. The van der Waals surface area contributed by atoms with Crippen molar-refractivity contribution < 1.29 is 34.6 Å². The van der Waals surface area contributed by atoms with E-state index in [2.05, 4.69) is 0 Å². The van der Waals surface area contributed by atoms with Crippen LogP contribution in [0.25, 0.3) is 0 Å². The molecule has 1 saturated carbocycles. The number of methoxy groups -OCH3 is 2. The maximum atomic E-state index is 11.3. The predicted octanol–water partition coefficient (Wildman–Crippen LogP) is 0.748. The van der Waals surface area contributed by atoms with E-state index in [9.17, 15) is 15.3 Å². The quantitative estimate of drug-likeness (QED) is 0.551. The molecule has 27 heavy (non-hydrogen) atoms. The summed E-state index contributed by atoms with van der Waals surface area (Å²) in [5.41, 5.74) is 0.515. The highest BCUT2D eigenvalue weighted by atomic mass is 16.5. The van der Waals surface area contributed by atoms with Crippen molar-refractivity contribution in [1.82, 2.24) is 0 Å². The van der Waals surface area contributed by atoms with Crippen molar-refractivity contribution in [2.75, 3.05) is 27.4 Å². The fourth-order valence-electron chi connectivity index (χ4n) is 4.43. The third-order valence-electron chi connectivity index (χ3n) is 5.88. The number of rotatable bonds is 7. The van der Waals surface area contributed by atoms with E-state index >= 15 is 0 Å². The highest BCUT2D eigenvalue weighted by Gasteiger charge is 2.52. The number of aliphatic hydroxyl groups is 4. The molecule has 5 atom stereocenters. The van der Waals surface area contributed by atoms with Crippen LogP contribution < -0.4 is 9.47 Å². The lowest BCUT2D eigenvalue weighted by Crippen LogP contribution is -2.55. The number of fused-ring (bicyclic) bond motifs is 1. The number of hydrogen-bond donors (Lipinski definition) is 4. The van der Waals surface area contributed by atoms with Crippen molar-refractivity contribution in [3.8, 4) is 11.5 Å². The third kappa shape index (κ3) is 3.79. The van der Waals surface area contributed by atoms with Gasteiger partial charge in [0.1, 0.15) is 11.7 Å². The van der Waals surface area contributed by atoms with Crippen molar-refractivity contribution in [2.24, 2.45) is 0 Å². The van der Waals surface area contributed by atoms with E-state index in [4.69, 9.17) is 19.3 Å². The average molecular weight is 382 g/mol. The standard InChI is InChI=1S/C20H30O7/c1-25-16-5-6-20(24,10-15(16)23)19-14(11-22)13-8-12(4-3-7-21)9-17(26-2)18(13)27-19/h8-9,14-16,19,21-24H,3-7,10-11H2,1-2H3/t14-,15-,16-,19-,20-/m0/s1. The number of benzene rings is 1. The van der Waals surface area contributed by atoms with Gasteiger partial charge in [0.25, 0.3) is 0 Å². The molecule has 1 aromatic rings. The van der Waals surface area contributed by atoms with Crippen molar-refractivity contribution in [3.63, 3.8) is 0 Å². The summed E-state index contributed by atoms with van der Waals surface area (Å²) in [6.07, 6.45) is 0.598. The zero-order chi connectivity index (χ0) is 19.6. The van der Waals surface area contributed by atoms with E-state index in [1.54, 1.807) is 14.2 Å². The van der Waals surface area contributed by atoms with Crippen LogP contribution in [-0.4, -0.2) is 71.8 Å². The number of hydrogen-bond acceptors (Lipinski definition) is 7. The summed E-state index contributed by atoms with van der Waals surface area (Å²) in [6, 6.07) is 3.82. The Morgan fingerprint density at radius 3 is 2.63 bits per heavy atom. The molecule has 0 unspecified atom stereocenters. The maximum absolute atomic E-state index is 11.3. The van der Waals surface area contributed by atoms with Gasteiger partial charge in [0.05, 0.1) is 31.8 Å². The Balaban J connectivity index is 1.91. The summed E-state index contributed by atoms with van der Waals surface area (Å²) < 4.78 is 16.9. The summed E-state index contributed by atoms with van der Waals surface area (Å²) in [5.74, 6) is 0.668. The van der Waals surface area contributed by atoms with Crippen molar-refractivity contribution in [2.45, 2.75) is 61.9 Å². The van der Waals surface area contributed by atoms with Crippen LogP contribution in [0.2, 0.25) is 0 Å². The van der Waals surface area contributed by atoms with Crippen LogP contribution in [0.15, 0.2) is 12.1 Å². The van der Waals surface area contributed by atoms with Gasteiger partial charge < -0.3 is 34.6 Å². The predicted molar refractivity (Wildman–Crippen MR) is 98.2 cm³/mol. The minimum atomic E-state index is -1.27. The van der Waals surface area contributed by atoms with Crippen molar-refractivity contribution >= 4 is 0 Å². The first-order valence-corrected chi connectivity index (χ1v) is 9.49. The molecule has 0 bridgehead atoms. The summed E-state index contributed by atoms with van der Waals surface area (Å²) in [5, 5.41) is 40.8. The Morgan fingerprint density at radius 2 is 2.04 bits per heavy atom. The Morgan fingerprint density at radius 1 is 1.26 bits per heavy atom. The van der Waals surface area contributed by atoms with Gasteiger partial charge in [-0.3, -0.25) is 0 Å². The number of aryl methyl sites for hydroxylation is 1. The summed E-state index contributed by atoms with van der Waals surface area (Å²) in [7, 11) is 3.10. The van der Waals surface area contributed by atoms with Gasteiger partial charge in [-0.2, -0.15) is 0 Å². The van der Waals surface area contributed by atoms with Gasteiger partial charge in [-0.15, -0.1) is 0 Å². The third-order valence-corrected chi connectivity index (χ3v) is 5.88. The fraction of sp³-hybridized carbons (Fsp3) is 0.700. The Labute approximate surface area is 159 Å². The van der Waals surface area contributed by atoms with E-state index in [0.29, 0.717) is 37.2 Å². The molecule has 1 aliphatic heterocycles. The largest absolute Gasteiger partial charge is 0.493 e. The topological polar surface area (TPSA) is 109 Å². The SMILES string of the molecule is COc1cc(CCCO)cc2c1O[C@H]([C@]1(O)CC[C@H](OC)[C@@H](O)C1)[C@H]2CO. The van der Waals surface area contributed by atoms with Gasteiger partial charge in [-0.05, 0) is 37.3 Å². The van der Waals surface area contributed by atoms with E-state index in [-0.39, 0.29) is 25.7 Å². The molecule has 0 spiro atoms. The van der Waals surface area contributed by atoms with E-state index in [1.165, 1.54) is 0 Å². The van der Waals surface area contributed by atoms with Crippen LogP contribution in [0, 0.1) is 0 Å². The molecule has 0 aromatic heterocycles. The van der Waals surface area contributed by atoms with Crippen LogP contribution in [0.5, 0.6) is 11.5 Å². The second kappa shape index (κ2) is 8.32. The van der Waals surface area contributed by atoms with E-state index in [1.807, 2.05) is 12.1 Å². The van der Waals surface area contributed by atoms with Crippen LogP contribution in [0.3, 0.4) is 0 Å². The normalized spacial score (nSPS) is 32.8. The van der Waals surface area contributed by atoms with Crippen molar-refractivity contribution in [3.05, 3.63) is 23.3 Å². The van der Waals surface area contributed by atoms with Gasteiger partial charge in [-0.1, -0.05) is 6.07 Å². The van der Waals surface area contributed by atoms with Gasteiger partial charge in [0.2, 0.25) is 0 Å². The monoisotopic (exact) mass is 382 g/mol. The molecule has 1 fully saturated rings. The van der Waals surface area contributed by atoms with Gasteiger partial charge in [0, 0.05) is 25.7 Å². The second-order valence-electron chi connectivity index (χ2n) is 7.56. The highest BCUT2D eigenvalue weighted by Crippen LogP contribution is 2.50. The zero-order valence-corrected chi connectivity index (χ0v) is 15.9. The lowest BCUT2D eigenvalue weighted by atomic mass is 9.73. The zero-order valence-electron chi connectivity index (χ0n) is 15.9. The molecule has 1 aliphatic carbocycles. The van der Waals surface area contributed by atoms with E-state index in [0.717, 1.165) is 11.1 Å². The fourth-order valence-corrected chi connectivity index (χ4v) is 4.43. The van der Waals surface area contributed by atoms with Crippen LogP contribution in [-0.2, 0) is 11.2 Å². The molecule has 1 heterocycles. The molecule has 7 heteroatoms. The Kier molecular flexibility index (Phi) is 6.28. The Hall–Kier alpha value is -1.38. The molecule has 7 nitrogen and oxygen atoms in total. The molecule has 0 radical (unpaired) electrons. The van der Waals surface area contributed by atoms with E-state index < -0.39 is 23.7 Å². The molecule has 2 aliphatic rings. The first-order chi connectivity index (χ1) is 13.0. The average Bonchev–Trinajstić information content (AvgIpc) is 3.05.